The molecule has 0 bridgehead atoms. The molecule has 1 aliphatic heterocycles. The van der Waals surface area contributed by atoms with E-state index in [1.807, 2.05) is 0 Å². The number of nitrogens with zero attached hydrogens (tertiary/aromatic N) is 1. The van der Waals surface area contributed by atoms with E-state index in [1.54, 1.807) is 10.8 Å². The highest BCUT2D eigenvalue weighted by atomic mass is 16.5. The Morgan fingerprint density at radius 1 is 1.36 bits per heavy atom. The van der Waals surface area contributed by atoms with Crippen molar-refractivity contribution in [1.82, 2.24) is 9.55 Å². The van der Waals surface area contributed by atoms with Gasteiger partial charge < -0.3 is 4.74 Å². The Labute approximate surface area is 80.3 Å². The van der Waals surface area contributed by atoms with Crippen LogP contribution in [0.25, 0.3) is 0 Å². The Morgan fingerprint density at radius 2 is 2.07 bits per heavy atom. The summed E-state index contributed by atoms with van der Waals surface area (Å²) in [5, 5.41) is 0. The molecule has 1 fully saturated rings. The average molecular weight is 196 g/mol. The molecule has 0 radical (unpaired) electrons. The van der Waals surface area contributed by atoms with Crippen molar-refractivity contribution in [2.45, 2.75) is 18.9 Å². The van der Waals surface area contributed by atoms with Crippen molar-refractivity contribution in [3.05, 3.63) is 33.1 Å². The van der Waals surface area contributed by atoms with E-state index in [9.17, 15) is 9.59 Å². The summed E-state index contributed by atoms with van der Waals surface area (Å²) in [5.74, 6) is 0. The van der Waals surface area contributed by atoms with E-state index in [1.165, 1.54) is 6.07 Å². The molecule has 0 atom stereocenters. The zero-order valence-electron chi connectivity index (χ0n) is 7.73. The van der Waals surface area contributed by atoms with Crippen LogP contribution in [0.15, 0.2) is 21.9 Å². The fraction of sp³-hybridized carbons (Fsp3) is 0.556. The largest absolute Gasteiger partial charge is 0.381 e. The average Bonchev–Trinajstić information content (AvgIpc) is 2.19. The van der Waals surface area contributed by atoms with E-state index < -0.39 is 0 Å². The van der Waals surface area contributed by atoms with E-state index >= 15 is 0 Å². The summed E-state index contributed by atoms with van der Waals surface area (Å²) in [6.45, 7) is 1.35. The van der Waals surface area contributed by atoms with Crippen molar-refractivity contribution in [1.29, 1.82) is 0 Å². The smallest absolute Gasteiger partial charge is 0.328 e. The molecule has 1 N–H and O–H groups in total. The standard InChI is InChI=1S/C9H12N2O3/c12-8-1-4-11(9(13)10-8)7-2-5-14-6-3-7/h1,4,7H,2-3,5-6H2,(H,10,12,13). The van der Waals surface area contributed by atoms with Crippen LogP contribution in [-0.2, 0) is 4.74 Å². The first-order chi connectivity index (χ1) is 6.77. The Bertz CT molecular complexity index is 415. The second-order valence-electron chi connectivity index (χ2n) is 3.36. The number of rotatable bonds is 1. The number of hydrogen-bond acceptors (Lipinski definition) is 3. The second kappa shape index (κ2) is 3.79. The summed E-state index contributed by atoms with van der Waals surface area (Å²) >= 11 is 0. The molecular weight excluding hydrogens is 184 g/mol. The molecular formula is C9H12N2O3. The van der Waals surface area contributed by atoms with Crippen LogP contribution in [0.2, 0.25) is 0 Å². The molecule has 0 amide bonds. The van der Waals surface area contributed by atoms with Gasteiger partial charge in [0.25, 0.3) is 5.56 Å². The third-order valence-electron chi connectivity index (χ3n) is 2.44. The summed E-state index contributed by atoms with van der Waals surface area (Å²) in [5.41, 5.74) is -0.678. The van der Waals surface area contributed by atoms with Crippen LogP contribution in [0.1, 0.15) is 18.9 Å². The van der Waals surface area contributed by atoms with Gasteiger partial charge in [0.05, 0.1) is 0 Å². The fourth-order valence-corrected chi connectivity index (χ4v) is 1.68. The first-order valence-corrected chi connectivity index (χ1v) is 4.66. The maximum absolute atomic E-state index is 11.4. The first kappa shape index (κ1) is 9.21. The van der Waals surface area contributed by atoms with Gasteiger partial charge in [0.15, 0.2) is 0 Å². The van der Waals surface area contributed by atoms with Crippen molar-refractivity contribution in [3.63, 3.8) is 0 Å². The van der Waals surface area contributed by atoms with Gasteiger partial charge >= 0.3 is 5.69 Å². The van der Waals surface area contributed by atoms with Gasteiger partial charge in [-0.25, -0.2) is 4.79 Å². The van der Waals surface area contributed by atoms with E-state index in [4.69, 9.17) is 4.74 Å². The Kier molecular flexibility index (Phi) is 2.49. The van der Waals surface area contributed by atoms with Crippen molar-refractivity contribution in [2.75, 3.05) is 13.2 Å². The second-order valence-corrected chi connectivity index (χ2v) is 3.36. The number of ether oxygens (including phenoxy) is 1. The van der Waals surface area contributed by atoms with Gasteiger partial charge in [-0.1, -0.05) is 0 Å². The van der Waals surface area contributed by atoms with Crippen LogP contribution in [-0.4, -0.2) is 22.8 Å². The molecule has 0 aliphatic carbocycles. The molecule has 76 valence electrons. The van der Waals surface area contributed by atoms with Gasteiger partial charge in [0.2, 0.25) is 0 Å². The number of H-pyrrole nitrogens is 1. The molecule has 5 heteroatoms. The minimum absolute atomic E-state index is 0.160. The lowest BCUT2D eigenvalue weighted by Crippen LogP contribution is -2.33. The monoisotopic (exact) mass is 196 g/mol. The molecule has 5 nitrogen and oxygen atoms in total. The van der Waals surface area contributed by atoms with Crippen LogP contribution >= 0.6 is 0 Å². The maximum atomic E-state index is 11.4. The number of aromatic amines is 1. The molecule has 0 unspecified atom stereocenters. The molecule has 1 aliphatic rings. The van der Waals surface area contributed by atoms with Gasteiger partial charge in [-0.15, -0.1) is 0 Å². The maximum Gasteiger partial charge on any atom is 0.328 e. The Morgan fingerprint density at radius 3 is 2.71 bits per heavy atom. The SMILES string of the molecule is O=c1ccn(C2CCOCC2)c(=O)[nH]1. The summed E-state index contributed by atoms with van der Waals surface area (Å²) in [6, 6.07) is 1.53. The van der Waals surface area contributed by atoms with Crippen LogP contribution in [0, 0.1) is 0 Å². The van der Waals surface area contributed by atoms with Crippen LogP contribution in [0.3, 0.4) is 0 Å². The minimum Gasteiger partial charge on any atom is -0.381 e. The fourth-order valence-electron chi connectivity index (χ4n) is 1.68. The molecule has 0 saturated carbocycles. The predicted octanol–water partition coefficient (Wildman–Crippen LogP) is -0.112. The lowest BCUT2D eigenvalue weighted by molar-refractivity contribution is 0.0682. The zero-order chi connectivity index (χ0) is 9.97. The van der Waals surface area contributed by atoms with Crippen LogP contribution in [0.5, 0.6) is 0 Å². The highest BCUT2D eigenvalue weighted by Gasteiger charge is 2.16. The molecule has 0 aromatic carbocycles. The molecule has 1 aromatic heterocycles. The number of hydrogen-bond donors (Lipinski definition) is 1. The van der Waals surface area contributed by atoms with E-state index in [0.717, 1.165) is 12.8 Å². The predicted molar refractivity (Wildman–Crippen MR) is 50.4 cm³/mol. The van der Waals surface area contributed by atoms with Gasteiger partial charge in [0, 0.05) is 31.5 Å². The topological polar surface area (TPSA) is 64.1 Å². The zero-order valence-corrected chi connectivity index (χ0v) is 7.73. The van der Waals surface area contributed by atoms with Gasteiger partial charge in [0.1, 0.15) is 0 Å². The van der Waals surface area contributed by atoms with Crippen LogP contribution in [0.4, 0.5) is 0 Å². The van der Waals surface area contributed by atoms with E-state index in [2.05, 4.69) is 4.98 Å². The molecule has 1 saturated heterocycles. The lowest BCUT2D eigenvalue weighted by Gasteiger charge is -2.23. The first-order valence-electron chi connectivity index (χ1n) is 4.66. The third-order valence-corrected chi connectivity index (χ3v) is 2.44. The van der Waals surface area contributed by atoms with Crippen molar-refractivity contribution < 1.29 is 4.74 Å². The van der Waals surface area contributed by atoms with E-state index in [0.29, 0.717) is 13.2 Å². The summed E-state index contributed by atoms with van der Waals surface area (Å²) < 4.78 is 6.77. The quantitative estimate of drug-likeness (QED) is 0.681. The number of aromatic nitrogens is 2. The molecule has 2 heterocycles. The van der Waals surface area contributed by atoms with Crippen molar-refractivity contribution in [3.8, 4) is 0 Å². The number of nitrogens with one attached hydrogen (secondary N) is 1. The third kappa shape index (κ3) is 1.77. The molecule has 0 spiro atoms. The highest BCUT2D eigenvalue weighted by molar-refractivity contribution is 4.86. The van der Waals surface area contributed by atoms with E-state index in [-0.39, 0.29) is 17.3 Å². The van der Waals surface area contributed by atoms with Gasteiger partial charge in [-0.2, -0.15) is 0 Å². The van der Waals surface area contributed by atoms with Crippen molar-refractivity contribution in [2.24, 2.45) is 0 Å². The van der Waals surface area contributed by atoms with Crippen molar-refractivity contribution >= 4 is 0 Å². The highest BCUT2D eigenvalue weighted by Crippen LogP contribution is 2.17. The Balaban J connectivity index is 2.31. The summed E-state index contributed by atoms with van der Waals surface area (Å²) in [7, 11) is 0. The summed E-state index contributed by atoms with van der Waals surface area (Å²) in [6.07, 6.45) is 3.20. The molecule has 2 rings (SSSR count). The normalized spacial score (nSPS) is 18.3. The molecule has 1 aromatic rings. The lowest BCUT2D eigenvalue weighted by atomic mass is 10.1. The minimum atomic E-state index is -0.349. The Hall–Kier alpha value is -1.36. The molecule has 14 heavy (non-hydrogen) atoms. The van der Waals surface area contributed by atoms with Crippen LogP contribution < -0.4 is 11.2 Å². The van der Waals surface area contributed by atoms with Gasteiger partial charge in [-0.3, -0.25) is 14.3 Å². The summed E-state index contributed by atoms with van der Waals surface area (Å²) in [4.78, 5) is 24.5. The van der Waals surface area contributed by atoms with Gasteiger partial charge in [-0.05, 0) is 12.8 Å².